The number of nitrogens with one attached hydrogen (secondary N) is 1. The number of alkyl halides is 1. The first-order valence-corrected chi connectivity index (χ1v) is 8.47. The Balaban J connectivity index is 2.11. The van der Waals surface area contributed by atoms with Gasteiger partial charge in [-0.25, -0.2) is 0 Å². The van der Waals surface area contributed by atoms with Crippen molar-refractivity contribution in [3.05, 3.63) is 20.8 Å². The number of halogens is 2. The fourth-order valence-corrected chi connectivity index (χ4v) is 3.14. The molecule has 0 saturated carbocycles. The van der Waals surface area contributed by atoms with Gasteiger partial charge in [0.05, 0.1) is 8.66 Å². The minimum absolute atomic E-state index is 0.0459. The Hall–Kier alpha value is 0.380. The highest BCUT2D eigenvalue weighted by Gasteiger charge is 2.06. The Labute approximate surface area is 122 Å². The lowest BCUT2D eigenvalue weighted by atomic mass is 10.2. The third-order valence-electron chi connectivity index (χ3n) is 2.14. The van der Waals surface area contributed by atoms with E-state index in [4.69, 9.17) is 0 Å². The zero-order chi connectivity index (χ0) is 11.8. The molecule has 1 rings (SSSR count). The number of hydrogen-bond donors (Lipinski definition) is 1. The van der Waals surface area contributed by atoms with Crippen molar-refractivity contribution in [2.75, 3.05) is 11.0 Å². The van der Waals surface area contributed by atoms with Crippen LogP contribution in [0.15, 0.2) is 15.9 Å². The predicted molar refractivity (Wildman–Crippen MR) is 81.7 cm³/mol. The molecule has 90 valence electrons. The van der Waals surface area contributed by atoms with E-state index >= 15 is 0 Å². The summed E-state index contributed by atoms with van der Waals surface area (Å²) in [5.41, 5.74) is 0. The lowest BCUT2D eigenvalue weighted by Crippen LogP contribution is -2.23. The van der Waals surface area contributed by atoms with Crippen molar-refractivity contribution in [3.63, 3.8) is 0 Å². The van der Waals surface area contributed by atoms with Crippen LogP contribution in [0.1, 0.15) is 35.4 Å². The first-order chi connectivity index (χ1) is 7.74. The number of rotatable bonds is 7. The van der Waals surface area contributed by atoms with Crippen molar-refractivity contribution in [1.29, 1.82) is 0 Å². The topological polar surface area (TPSA) is 29.1 Å². The molecule has 0 aliphatic carbocycles. The van der Waals surface area contributed by atoms with Crippen LogP contribution >= 0.6 is 49.9 Å². The lowest BCUT2D eigenvalue weighted by Gasteiger charge is -2.02. The summed E-state index contributed by atoms with van der Waals surface area (Å²) in [6, 6.07) is 3.75. The molecule has 1 heterocycles. The summed E-state index contributed by atoms with van der Waals surface area (Å²) < 4.78 is 2.23. The molecule has 1 aromatic heterocycles. The largest absolute Gasteiger partial charge is 0.351 e. The molecule has 0 radical (unpaired) electrons. The lowest BCUT2D eigenvalue weighted by molar-refractivity contribution is 0.0957. The van der Waals surface area contributed by atoms with Crippen molar-refractivity contribution in [2.45, 2.75) is 25.7 Å². The van der Waals surface area contributed by atoms with Gasteiger partial charge < -0.3 is 5.32 Å². The molecule has 0 fully saturated rings. The fraction of sp³-hybridized carbons (Fsp3) is 0.545. The fourth-order valence-electron chi connectivity index (χ4n) is 1.30. The Morgan fingerprint density at radius 2 is 2.06 bits per heavy atom. The van der Waals surface area contributed by atoms with Gasteiger partial charge in [0.25, 0.3) is 5.91 Å². The van der Waals surface area contributed by atoms with E-state index in [1.807, 2.05) is 12.1 Å². The molecule has 0 aliphatic heterocycles. The highest BCUT2D eigenvalue weighted by Crippen LogP contribution is 2.21. The summed E-state index contributed by atoms with van der Waals surface area (Å²) in [6.07, 6.45) is 4.84. The van der Waals surface area contributed by atoms with E-state index in [0.29, 0.717) is 0 Å². The zero-order valence-corrected chi connectivity index (χ0v) is 13.5. The summed E-state index contributed by atoms with van der Waals surface area (Å²) in [4.78, 5) is 12.4. The average molecular weight is 416 g/mol. The van der Waals surface area contributed by atoms with Crippen LogP contribution in [0.5, 0.6) is 0 Å². The predicted octanol–water partition coefficient (Wildman–Crippen LogP) is 4.24. The summed E-state index contributed by atoms with van der Waals surface area (Å²) in [5, 5.41) is 2.94. The van der Waals surface area contributed by atoms with Gasteiger partial charge in [-0.3, -0.25) is 4.79 Å². The Kier molecular flexibility index (Phi) is 7.64. The van der Waals surface area contributed by atoms with Gasteiger partial charge in [0.2, 0.25) is 0 Å². The van der Waals surface area contributed by atoms with Gasteiger partial charge in [-0.15, -0.1) is 11.3 Å². The molecule has 0 aliphatic rings. The third kappa shape index (κ3) is 5.63. The molecular formula is C11H15BrINOS. The summed E-state index contributed by atoms with van der Waals surface area (Å²) in [7, 11) is 0. The highest BCUT2D eigenvalue weighted by atomic mass is 127. The number of hydrogen-bond acceptors (Lipinski definition) is 2. The summed E-state index contributed by atoms with van der Waals surface area (Å²) >= 11 is 7.22. The van der Waals surface area contributed by atoms with E-state index in [1.165, 1.54) is 35.0 Å². The third-order valence-corrected chi connectivity index (χ3v) is 4.53. The summed E-state index contributed by atoms with van der Waals surface area (Å²) in [6.45, 7) is 0.787. The molecule has 0 saturated heterocycles. The number of carbonyl (C=O) groups excluding carboxylic acids is 1. The van der Waals surface area contributed by atoms with Crippen LogP contribution in [0, 0.1) is 0 Å². The van der Waals surface area contributed by atoms with Gasteiger partial charge in [-0.2, -0.15) is 0 Å². The molecule has 2 nitrogen and oxygen atoms in total. The van der Waals surface area contributed by atoms with E-state index in [2.05, 4.69) is 43.8 Å². The van der Waals surface area contributed by atoms with E-state index in [-0.39, 0.29) is 5.91 Å². The normalized spacial score (nSPS) is 10.4. The van der Waals surface area contributed by atoms with E-state index in [1.54, 1.807) is 0 Å². The van der Waals surface area contributed by atoms with E-state index < -0.39 is 0 Å². The molecular weight excluding hydrogens is 401 g/mol. The molecule has 5 heteroatoms. The van der Waals surface area contributed by atoms with Crippen LogP contribution < -0.4 is 5.32 Å². The van der Waals surface area contributed by atoms with Crippen LogP contribution in [0.25, 0.3) is 0 Å². The molecule has 0 unspecified atom stereocenters. The van der Waals surface area contributed by atoms with Gasteiger partial charge in [0.15, 0.2) is 0 Å². The molecule has 0 spiro atoms. The second-order valence-electron chi connectivity index (χ2n) is 3.46. The van der Waals surface area contributed by atoms with Crippen LogP contribution in [-0.4, -0.2) is 16.9 Å². The number of thiophene rings is 1. The van der Waals surface area contributed by atoms with Gasteiger partial charge in [0, 0.05) is 6.54 Å². The van der Waals surface area contributed by atoms with Crippen molar-refractivity contribution >= 4 is 55.8 Å². The molecule has 1 aromatic rings. The molecule has 1 N–H and O–H groups in total. The second kappa shape index (κ2) is 8.47. The Bertz CT molecular complexity index is 330. The smallest absolute Gasteiger partial charge is 0.261 e. The number of amides is 1. The maximum Gasteiger partial charge on any atom is 0.261 e. The molecule has 16 heavy (non-hydrogen) atoms. The van der Waals surface area contributed by atoms with Crippen molar-refractivity contribution in [3.8, 4) is 0 Å². The molecule has 0 atom stereocenters. The van der Waals surface area contributed by atoms with Gasteiger partial charge in [-0.1, -0.05) is 35.4 Å². The first kappa shape index (κ1) is 14.4. The van der Waals surface area contributed by atoms with E-state index in [0.717, 1.165) is 21.6 Å². The van der Waals surface area contributed by atoms with Crippen LogP contribution in [0.3, 0.4) is 0 Å². The number of carbonyl (C=O) groups is 1. The maximum absolute atomic E-state index is 11.6. The van der Waals surface area contributed by atoms with Crippen LogP contribution in [-0.2, 0) is 0 Å². The van der Waals surface area contributed by atoms with Crippen LogP contribution in [0.2, 0.25) is 0 Å². The number of unbranched alkanes of at least 4 members (excludes halogenated alkanes) is 3. The standard InChI is InChI=1S/C11H15BrINOS/c12-10-6-5-9(16-10)11(15)14-8-4-2-1-3-7-13/h5-6H,1-4,7-8H2,(H,14,15). The minimum atomic E-state index is 0.0459. The van der Waals surface area contributed by atoms with Gasteiger partial charge in [-0.05, 0) is 45.3 Å². The Morgan fingerprint density at radius 3 is 2.69 bits per heavy atom. The maximum atomic E-state index is 11.6. The molecule has 0 aromatic carbocycles. The van der Waals surface area contributed by atoms with Gasteiger partial charge in [0.1, 0.15) is 0 Å². The van der Waals surface area contributed by atoms with Crippen LogP contribution in [0.4, 0.5) is 0 Å². The van der Waals surface area contributed by atoms with Gasteiger partial charge >= 0.3 is 0 Å². The SMILES string of the molecule is O=C(NCCCCCCI)c1ccc(Br)s1. The average Bonchev–Trinajstić information content (AvgIpc) is 2.70. The van der Waals surface area contributed by atoms with Crippen molar-refractivity contribution in [2.24, 2.45) is 0 Å². The van der Waals surface area contributed by atoms with Crippen molar-refractivity contribution < 1.29 is 4.79 Å². The summed E-state index contributed by atoms with van der Waals surface area (Å²) in [5.74, 6) is 0.0459. The van der Waals surface area contributed by atoms with E-state index in [9.17, 15) is 4.79 Å². The quantitative estimate of drug-likeness (QED) is 0.403. The molecule has 1 amide bonds. The Morgan fingerprint density at radius 1 is 1.31 bits per heavy atom. The van der Waals surface area contributed by atoms with Crippen molar-refractivity contribution in [1.82, 2.24) is 5.32 Å². The monoisotopic (exact) mass is 415 g/mol. The zero-order valence-electron chi connectivity index (χ0n) is 8.97. The minimum Gasteiger partial charge on any atom is -0.351 e. The highest BCUT2D eigenvalue weighted by molar-refractivity contribution is 14.1. The second-order valence-corrected chi connectivity index (χ2v) is 7.00. The molecule has 0 bridgehead atoms. The first-order valence-electron chi connectivity index (χ1n) is 5.33.